The van der Waals surface area contributed by atoms with Crippen molar-refractivity contribution in [2.24, 2.45) is 7.05 Å². The standard InChI is InChI=1S/C15H25N5O4S/c1-10-12(9-19(2)17-10)13-7-14(20(3)25(22,23)18-13)15(21)16-8-11-5-4-6-24-11/h9,11,13-14,18H,4-8H2,1-3H3,(H,16,21)/t11-,13-,14+/m0/s1. The van der Waals surface area contributed by atoms with Crippen molar-refractivity contribution in [1.82, 2.24) is 24.1 Å². The van der Waals surface area contributed by atoms with E-state index in [4.69, 9.17) is 4.74 Å². The average Bonchev–Trinajstić information content (AvgIpc) is 3.16. The molecule has 10 heteroatoms. The van der Waals surface area contributed by atoms with Gasteiger partial charge in [0.25, 0.3) is 10.2 Å². The van der Waals surface area contributed by atoms with Crippen LogP contribution in [-0.4, -0.2) is 60.8 Å². The Kier molecular flexibility index (Phi) is 5.14. The molecular formula is C15H25N5O4S. The topological polar surface area (TPSA) is 106 Å². The van der Waals surface area contributed by atoms with Crippen molar-refractivity contribution in [3.8, 4) is 0 Å². The van der Waals surface area contributed by atoms with E-state index in [1.807, 2.05) is 6.92 Å². The summed E-state index contributed by atoms with van der Waals surface area (Å²) in [5.41, 5.74) is 1.54. The van der Waals surface area contributed by atoms with Gasteiger partial charge in [-0.15, -0.1) is 0 Å². The number of carbonyl (C=O) groups excluding carboxylic acids is 1. The van der Waals surface area contributed by atoms with Gasteiger partial charge in [0.2, 0.25) is 5.91 Å². The molecule has 3 atom stereocenters. The SMILES string of the molecule is Cc1nn(C)cc1[C@@H]1C[C@H](C(=O)NC[C@@H]2CCCO2)N(C)S(=O)(=O)N1. The molecule has 9 nitrogen and oxygen atoms in total. The fraction of sp³-hybridized carbons (Fsp3) is 0.733. The molecule has 1 amide bonds. The smallest absolute Gasteiger partial charge is 0.280 e. The van der Waals surface area contributed by atoms with Crippen LogP contribution >= 0.6 is 0 Å². The van der Waals surface area contributed by atoms with Gasteiger partial charge in [-0.05, 0) is 26.2 Å². The van der Waals surface area contributed by atoms with Gasteiger partial charge < -0.3 is 10.1 Å². The molecule has 1 aromatic heterocycles. The van der Waals surface area contributed by atoms with Crippen molar-refractivity contribution in [2.45, 2.75) is 44.4 Å². The highest BCUT2D eigenvalue weighted by Gasteiger charge is 2.41. The largest absolute Gasteiger partial charge is 0.376 e. The molecule has 2 saturated heterocycles. The van der Waals surface area contributed by atoms with Gasteiger partial charge in [-0.3, -0.25) is 9.48 Å². The summed E-state index contributed by atoms with van der Waals surface area (Å²) >= 11 is 0. The van der Waals surface area contributed by atoms with E-state index in [-0.39, 0.29) is 12.0 Å². The quantitative estimate of drug-likeness (QED) is 0.749. The van der Waals surface area contributed by atoms with Crippen LogP contribution in [-0.2, 0) is 26.8 Å². The first-order valence-electron chi connectivity index (χ1n) is 8.42. The van der Waals surface area contributed by atoms with Crippen molar-refractivity contribution in [3.63, 3.8) is 0 Å². The Bertz CT molecular complexity index is 741. The van der Waals surface area contributed by atoms with E-state index in [1.165, 1.54) is 7.05 Å². The first-order chi connectivity index (χ1) is 11.8. The normalized spacial score (nSPS) is 29.6. The van der Waals surface area contributed by atoms with Crippen molar-refractivity contribution >= 4 is 16.1 Å². The molecular weight excluding hydrogens is 346 g/mol. The molecule has 1 aromatic rings. The number of ether oxygens (including phenoxy) is 1. The molecule has 2 fully saturated rings. The Labute approximate surface area is 147 Å². The number of likely N-dealkylation sites (N-methyl/N-ethyl adjacent to an activating group) is 1. The number of aromatic nitrogens is 2. The lowest BCUT2D eigenvalue weighted by Gasteiger charge is -2.36. The number of nitrogens with one attached hydrogen (secondary N) is 2. The first-order valence-corrected chi connectivity index (χ1v) is 9.86. The Hall–Kier alpha value is -1.49. The second-order valence-electron chi connectivity index (χ2n) is 6.67. The van der Waals surface area contributed by atoms with Crippen molar-refractivity contribution in [3.05, 3.63) is 17.5 Å². The summed E-state index contributed by atoms with van der Waals surface area (Å²) in [4.78, 5) is 12.6. The van der Waals surface area contributed by atoms with Crippen molar-refractivity contribution in [2.75, 3.05) is 20.2 Å². The molecule has 2 aliphatic rings. The zero-order valence-corrected chi connectivity index (χ0v) is 15.5. The molecule has 0 aliphatic carbocycles. The van der Waals surface area contributed by atoms with Gasteiger partial charge in [0, 0.05) is 39.0 Å². The van der Waals surface area contributed by atoms with Crippen LogP contribution < -0.4 is 10.0 Å². The van der Waals surface area contributed by atoms with E-state index >= 15 is 0 Å². The highest BCUT2D eigenvalue weighted by molar-refractivity contribution is 7.87. The number of hydrogen-bond donors (Lipinski definition) is 2. The number of carbonyl (C=O) groups is 1. The molecule has 2 aliphatic heterocycles. The van der Waals surface area contributed by atoms with Crippen LogP contribution in [0, 0.1) is 6.92 Å². The van der Waals surface area contributed by atoms with E-state index in [2.05, 4.69) is 15.1 Å². The summed E-state index contributed by atoms with van der Waals surface area (Å²) in [6, 6.07) is -1.24. The summed E-state index contributed by atoms with van der Waals surface area (Å²) in [5, 5.41) is 7.10. The minimum Gasteiger partial charge on any atom is -0.376 e. The lowest BCUT2D eigenvalue weighted by molar-refractivity contribution is -0.125. The number of amides is 1. The van der Waals surface area contributed by atoms with Gasteiger partial charge in [-0.2, -0.15) is 22.5 Å². The number of nitrogens with zero attached hydrogens (tertiary/aromatic N) is 3. The summed E-state index contributed by atoms with van der Waals surface area (Å²) in [5.74, 6) is -0.297. The van der Waals surface area contributed by atoms with Crippen LogP contribution in [0.15, 0.2) is 6.20 Å². The summed E-state index contributed by atoms with van der Waals surface area (Å²) in [6.07, 6.45) is 4.06. The van der Waals surface area contributed by atoms with E-state index in [0.717, 1.165) is 28.4 Å². The zero-order chi connectivity index (χ0) is 18.2. The number of aryl methyl sites for hydroxylation is 2. The Morgan fingerprint density at radius 3 is 2.84 bits per heavy atom. The van der Waals surface area contributed by atoms with Crippen LogP contribution in [0.1, 0.15) is 36.6 Å². The lowest BCUT2D eigenvalue weighted by atomic mass is 10.00. The van der Waals surface area contributed by atoms with Gasteiger partial charge in [0.05, 0.1) is 17.8 Å². The molecule has 3 heterocycles. The van der Waals surface area contributed by atoms with Crippen LogP contribution in [0.5, 0.6) is 0 Å². The summed E-state index contributed by atoms with van der Waals surface area (Å²) in [7, 11) is -0.539. The fourth-order valence-corrected chi connectivity index (χ4v) is 4.68. The van der Waals surface area contributed by atoms with E-state index in [1.54, 1.807) is 17.9 Å². The fourth-order valence-electron chi connectivity index (χ4n) is 3.41. The Morgan fingerprint density at radius 1 is 1.48 bits per heavy atom. The second-order valence-corrected chi connectivity index (χ2v) is 8.43. The molecule has 3 rings (SSSR count). The highest BCUT2D eigenvalue weighted by Crippen LogP contribution is 2.29. The van der Waals surface area contributed by atoms with Gasteiger partial charge >= 0.3 is 0 Å². The van der Waals surface area contributed by atoms with Crippen LogP contribution in [0.25, 0.3) is 0 Å². The van der Waals surface area contributed by atoms with E-state index in [9.17, 15) is 13.2 Å². The van der Waals surface area contributed by atoms with Gasteiger partial charge in [0.1, 0.15) is 6.04 Å². The monoisotopic (exact) mass is 371 g/mol. The predicted molar refractivity (Wildman–Crippen MR) is 90.9 cm³/mol. The molecule has 140 valence electrons. The molecule has 0 spiro atoms. The van der Waals surface area contributed by atoms with Gasteiger partial charge in [0.15, 0.2) is 0 Å². The Balaban J connectivity index is 1.74. The third-order valence-corrected chi connectivity index (χ3v) is 6.42. The average molecular weight is 371 g/mol. The van der Waals surface area contributed by atoms with Crippen LogP contribution in [0.4, 0.5) is 0 Å². The third-order valence-electron chi connectivity index (χ3n) is 4.83. The van der Waals surface area contributed by atoms with Crippen molar-refractivity contribution in [1.29, 1.82) is 0 Å². The molecule has 0 bridgehead atoms. The highest BCUT2D eigenvalue weighted by atomic mass is 32.2. The molecule has 0 saturated carbocycles. The minimum atomic E-state index is -3.74. The third kappa shape index (κ3) is 3.86. The van der Waals surface area contributed by atoms with E-state index in [0.29, 0.717) is 19.6 Å². The number of rotatable bonds is 4. The maximum absolute atomic E-state index is 12.6. The second kappa shape index (κ2) is 7.02. The van der Waals surface area contributed by atoms with Gasteiger partial charge in [-0.25, -0.2) is 0 Å². The summed E-state index contributed by atoms with van der Waals surface area (Å²) < 4.78 is 35.8. The lowest BCUT2D eigenvalue weighted by Crippen LogP contribution is -2.57. The summed E-state index contributed by atoms with van der Waals surface area (Å²) in [6.45, 7) is 2.95. The molecule has 2 N–H and O–H groups in total. The minimum absolute atomic E-state index is 0.0175. The zero-order valence-electron chi connectivity index (χ0n) is 14.7. The Morgan fingerprint density at radius 2 is 2.24 bits per heavy atom. The van der Waals surface area contributed by atoms with E-state index < -0.39 is 22.3 Å². The molecule has 0 radical (unpaired) electrons. The van der Waals surface area contributed by atoms with Crippen LogP contribution in [0.2, 0.25) is 0 Å². The molecule has 0 aromatic carbocycles. The molecule has 0 unspecified atom stereocenters. The molecule has 25 heavy (non-hydrogen) atoms. The van der Waals surface area contributed by atoms with Gasteiger partial charge in [-0.1, -0.05) is 0 Å². The maximum Gasteiger partial charge on any atom is 0.280 e. The predicted octanol–water partition coefficient (Wildman–Crippen LogP) is -0.397. The maximum atomic E-state index is 12.6. The first kappa shape index (κ1) is 18.3. The van der Waals surface area contributed by atoms with Crippen molar-refractivity contribution < 1.29 is 17.9 Å². The number of hydrogen-bond acceptors (Lipinski definition) is 5. The van der Waals surface area contributed by atoms with Crippen LogP contribution in [0.3, 0.4) is 0 Å².